The molecule has 0 radical (unpaired) electrons. The normalized spacial score (nSPS) is 11.0. The quantitative estimate of drug-likeness (QED) is 0.306. The van der Waals surface area contributed by atoms with E-state index in [2.05, 4.69) is 94.1 Å². The first-order valence-corrected chi connectivity index (χ1v) is 9.27. The zero-order chi connectivity index (χ0) is 20.0. The van der Waals surface area contributed by atoms with Gasteiger partial charge in [-0.2, -0.15) is 0 Å². The summed E-state index contributed by atoms with van der Waals surface area (Å²) in [6, 6.07) is 17.1. The van der Waals surface area contributed by atoms with E-state index in [0.717, 1.165) is 29.7 Å². The van der Waals surface area contributed by atoms with Crippen molar-refractivity contribution in [2.45, 2.75) is 32.2 Å². The molecule has 142 valence electrons. The number of rotatable bonds is 9. The summed E-state index contributed by atoms with van der Waals surface area (Å²) in [6.07, 6.45) is 3.96. The lowest BCUT2D eigenvalue weighted by Gasteiger charge is -2.36. The van der Waals surface area contributed by atoms with Gasteiger partial charge in [-0.05, 0) is 43.9 Å². The van der Waals surface area contributed by atoms with Crippen LogP contribution in [0.1, 0.15) is 30.5 Å². The van der Waals surface area contributed by atoms with Gasteiger partial charge in [0.15, 0.2) is 0 Å². The van der Waals surface area contributed by atoms with Crippen LogP contribution in [0.3, 0.4) is 0 Å². The molecular weight excluding hydrogens is 330 g/mol. The van der Waals surface area contributed by atoms with Gasteiger partial charge in [0.05, 0.1) is 12.6 Å². The molecule has 0 bridgehead atoms. The number of benzene rings is 2. The van der Waals surface area contributed by atoms with E-state index >= 15 is 0 Å². The van der Waals surface area contributed by atoms with E-state index in [-0.39, 0.29) is 5.54 Å². The van der Waals surface area contributed by atoms with E-state index in [1.165, 1.54) is 11.1 Å². The van der Waals surface area contributed by atoms with Crippen molar-refractivity contribution in [3.05, 3.63) is 96.8 Å². The molecule has 0 unspecified atom stereocenters. The largest absolute Gasteiger partial charge is 0.497 e. The SMILES string of the molecule is C=CC(C)(C)N(C)c1cc(CCc2ccccc2)ccc1C(=C)C(=C)OC. The van der Waals surface area contributed by atoms with E-state index in [9.17, 15) is 0 Å². The number of nitrogens with zero attached hydrogens (tertiary/aromatic N) is 1. The number of ether oxygens (including phenoxy) is 1. The maximum absolute atomic E-state index is 5.32. The highest BCUT2D eigenvalue weighted by molar-refractivity contribution is 5.83. The average molecular weight is 362 g/mol. The smallest absolute Gasteiger partial charge is 0.119 e. The number of methoxy groups -OCH3 is 1. The van der Waals surface area contributed by atoms with Gasteiger partial charge in [0, 0.05) is 23.9 Å². The maximum atomic E-state index is 5.32. The van der Waals surface area contributed by atoms with Crippen LogP contribution in [0, 0.1) is 0 Å². The Morgan fingerprint density at radius 3 is 2.26 bits per heavy atom. The van der Waals surface area contributed by atoms with Crippen LogP contribution in [-0.4, -0.2) is 19.7 Å². The van der Waals surface area contributed by atoms with E-state index < -0.39 is 0 Å². The Labute approximate surface area is 164 Å². The standard InChI is InChI=1S/C25H31NO/c1-8-25(4,5)26(6)24-18-22(15-14-21-12-10-9-11-13-21)16-17-23(24)19(2)20(3)27-7/h8-13,16-18H,1-3,14-15H2,4-7H3. The highest BCUT2D eigenvalue weighted by Crippen LogP contribution is 2.34. The Hall–Kier alpha value is -2.74. The molecule has 0 spiro atoms. The molecule has 0 N–H and O–H groups in total. The Balaban J connectivity index is 2.39. The maximum Gasteiger partial charge on any atom is 0.119 e. The summed E-state index contributed by atoms with van der Waals surface area (Å²) in [5, 5.41) is 0. The number of aryl methyl sites for hydroxylation is 2. The summed E-state index contributed by atoms with van der Waals surface area (Å²) < 4.78 is 5.32. The minimum absolute atomic E-state index is 0.193. The third kappa shape index (κ3) is 4.91. The number of hydrogen-bond donors (Lipinski definition) is 0. The van der Waals surface area contributed by atoms with Crippen molar-refractivity contribution in [2.75, 3.05) is 19.1 Å². The van der Waals surface area contributed by atoms with Crippen LogP contribution in [0.5, 0.6) is 0 Å². The van der Waals surface area contributed by atoms with Crippen LogP contribution in [0.25, 0.3) is 5.57 Å². The molecule has 2 nitrogen and oxygen atoms in total. The van der Waals surface area contributed by atoms with Gasteiger partial charge in [-0.3, -0.25) is 0 Å². The molecule has 0 aliphatic rings. The Kier molecular flexibility index (Phi) is 6.68. The lowest BCUT2D eigenvalue weighted by Crippen LogP contribution is -2.39. The highest BCUT2D eigenvalue weighted by Gasteiger charge is 2.23. The van der Waals surface area contributed by atoms with Gasteiger partial charge >= 0.3 is 0 Å². The first kappa shape index (κ1) is 20.6. The second kappa shape index (κ2) is 8.77. The zero-order valence-corrected chi connectivity index (χ0v) is 17.1. The predicted molar refractivity (Wildman–Crippen MR) is 118 cm³/mol. The fourth-order valence-corrected chi connectivity index (χ4v) is 2.92. The molecule has 0 aromatic heterocycles. The average Bonchev–Trinajstić information content (AvgIpc) is 2.71. The molecule has 0 atom stereocenters. The highest BCUT2D eigenvalue weighted by atomic mass is 16.5. The van der Waals surface area contributed by atoms with Gasteiger partial charge < -0.3 is 9.64 Å². The first-order chi connectivity index (χ1) is 12.8. The lowest BCUT2D eigenvalue weighted by atomic mass is 9.95. The van der Waals surface area contributed by atoms with Crippen molar-refractivity contribution in [2.24, 2.45) is 0 Å². The van der Waals surface area contributed by atoms with Crippen molar-refractivity contribution >= 4 is 11.3 Å². The topological polar surface area (TPSA) is 12.5 Å². The Morgan fingerprint density at radius 1 is 1.04 bits per heavy atom. The molecule has 0 heterocycles. The van der Waals surface area contributed by atoms with Gasteiger partial charge in [0.25, 0.3) is 0 Å². The molecule has 2 heteroatoms. The monoisotopic (exact) mass is 361 g/mol. The van der Waals surface area contributed by atoms with E-state index in [1.54, 1.807) is 7.11 Å². The second-order valence-corrected chi connectivity index (χ2v) is 7.36. The van der Waals surface area contributed by atoms with E-state index in [1.807, 2.05) is 6.08 Å². The molecule has 0 aliphatic carbocycles. The lowest BCUT2D eigenvalue weighted by molar-refractivity contribution is 0.313. The van der Waals surface area contributed by atoms with E-state index in [4.69, 9.17) is 4.74 Å². The van der Waals surface area contributed by atoms with Crippen molar-refractivity contribution in [1.29, 1.82) is 0 Å². The first-order valence-electron chi connectivity index (χ1n) is 9.27. The number of hydrogen-bond acceptors (Lipinski definition) is 2. The summed E-state index contributed by atoms with van der Waals surface area (Å²) in [6.45, 7) is 16.5. The molecule has 2 aromatic rings. The molecule has 0 fully saturated rings. The van der Waals surface area contributed by atoms with Crippen LogP contribution in [0.4, 0.5) is 5.69 Å². The second-order valence-electron chi connectivity index (χ2n) is 7.36. The van der Waals surface area contributed by atoms with Gasteiger partial charge in [-0.1, -0.05) is 61.7 Å². The number of likely N-dealkylation sites (N-methyl/N-ethyl adjacent to an activating group) is 1. The molecule has 0 saturated heterocycles. The van der Waals surface area contributed by atoms with Gasteiger partial charge in [0.1, 0.15) is 5.76 Å². The van der Waals surface area contributed by atoms with Crippen molar-refractivity contribution in [3.63, 3.8) is 0 Å². The predicted octanol–water partition coefficient (Wildman–Crippen LogP) is 6.05. The molecule has 27 heavy (non-hydrogen) atoms. The van der Waals surface area contributed by atoms with Gasteiger partial charge in [0.2, 0.25) is 0 Å². The fourth-order valence-electron chi connectivity index (χ4n) is 2.92. The minimum atomic E-state index is -0.193. The number of allylic oxidation sites excluding steroid dienone is 1. The Bertz CT molecular complexity index is 817. The minimum Gasteiger partial charge on any atom is -0.497 e. The van der Waals surface area contributed by atoms with Crippen LogP contribution < -0.4 is 4.90 Å². The number of anilines is 1. The molecule has 0 amide bonds. The van der Waals surface area contributed by atoms with Crippen molar-refractivity contribution in [1.82, 2.24) is 0 Å². The summed E-state index contributed by atoms with van der Waals surface area (Å²) in [7, 11) is 3.71. The van der Waals surface area contributed by atoms with E-state index in [0.29, 0.717) is 5.76 Å². The third-order valence-corrected chi connectivity index (χ3v) is 5.24. The molecular formula is C25H31NO. The van der Waals surface area contributed by atoms with Crippen molar-refractivity contribution in [3.8, 4) is 0 Å². The summed E-state index contributed by atoms with van der Waals surface area (Å²) in [4.78, 5) is 2.23. The summed E-state index contributed by atoms with van der Waals surface area (Å²) in [5.74, 6) is 0.582. The van der Waals surface area contributed by atoms with Crippen LogP contribution in [0.2, 0.25) is 0 Å². The van der Waals surface area contributed by atoms with Crippen LogP contribution in [0.15, 0.2) is 80.1 Å². The molecule has 2 rings (SSSR count). The molecule has 0 aliphatic heterocycles. The van der Waals surface area contributed by atoms with Crippen molar-refractivity contribution < 1.29 is 4.74 Å². The molecule has 2 aromatic carbocycles. The summed E-state index contributed by atoms with van der Waals surface area (Å²) in [5.41, 5.74) is 5.38. The molecule has 0 saturated carbocycles. The van der Waals surface area contributed by atoms with Crippen LogP contribution >= 0.6 is 0 Å². The summed E-state index contributed by atoms with van der Waals surface area (Å²) >= 11 is 0. The zero-order valence-electron chi connectivity index (χ0n) is 17.1. The fraction of sp³-hybridized carbons (Fsp3) is 0.280. The van der Waals surface area contributed by atoms with Gasteiger partial charge in [-0.15, -0.1) is 6.58 Å². The van der Waals surface area contributed by atoms with Gasteiger partial charge in [-0.25, -0.2) is 0 Å². The van der Waals surface area contributed by atoms with Crippen LogP contribution in [-0.2, 0) is 17.6 Å². The Morgan fingerprint density at radius 2 is 1.67 bits per heavy atom. The third-order valence-electron chi connectivity index (χ3n) is 5.24.